The van der Waals surface area contributed by atoms with Crippen molar-refractivity contribution in [1.29, 1.82) is 0 Å². The molecule has 0 spiro atoms. The number of benzene rings is 1. The van der Waals surface area contributed by atoms with Gasteiger partial charge in [-0.1, -0.05) is 37.3 Å². The summed E-state index contributed by atoms with van der Waals surface area (Å²) in [5, 5.41) is 6.42. The largest absolute Gasteiger partial charge is 0.400 e. The van der Waals surface area contributed by atoms with Gasteiger partial charge in [-0.25, -0.2) is 0 Å². The number of rotatable bonds is 10. The molecule has 0 aromatic heterocycles. The van der Waals surface area contributed by atoms with Crippen LogP contribution in [0.1, 0.15) is 31.7 Å². The Hall–Kier alpha value is -2.05. The lowest BCUT2D eigenvalue weighted by atomic mass is 9.98. The van der Waals surface area contributed by atoms with E-state index in [0.717, 1.165) is 19.4 Å². The van der Waals surface area contributed by atoms with Crippen molar-refractivity contribution < 1.29 is 4.79 Å². The zero-order valence-corrected chi connectivity index (χ0v) is 16.7. The van der Waals surface area contributed by atoms with E-state index >= 15 is 0 Å². The molecule has 3 atom stereocenters. The maximum Gasteiger partial charge on any atom is 0.223 e. The van der Waals surface area contributed by atoms with Gasteiger partial charge in [0.15, 0.2) is 0 Å². The summed E-state index contributed by atoms with van der Waals surface area (Å²) in [5.41, 5.74) is 13.1. The van der Waals surface area contributed by atoms with Gasteiger partial charge in [-0.2, -0.15) is 0 Å². The molecule has 0 bridgehead atoms. The molecule has 1 aliphatic rings. The van der Waals surface area contributed by atoms with Crippen molar-refractivity contribution in [2.24, 2.45) is 17.4 Å². The van der Waals surface area contributed by atoms with Crippen molar-refractivity contribution in [2.75, 3.05) is 26.7 Å². The van der Waals surface area contributed by atoms with Crippen LogP contribution in [0, 0.1) is 5.92 Å². The molecule has 2 rings (SSSR count). The Balaban J connectivity index is 1.93. The third-order valence-electron chi connectivity index (χ3n) is 5.30. The molecular weight excluding hydrogens is 338 g/mol. The van der Waals surface area contributed by atoms with Gasteiger partial charge in [-0.15, -0.1) is 0 Å². The average Bonchev–Trinajstić information content (AvgIpc) is 3.06. The first-order valence-electron chi connectivity index (χ1n) is 9.92. The Labute approximate surface area is 163 Å². The van der Waals surface area contributed by atoms with Crippen LogP contribution in [0.25, 0.3) is 0 Å². The van der Waals surface area contributed by atoms with Gasteiger partial charge in [-0.3, -0.25) is 4.79 Å². The Kier molecular flexibility index (Phi) is 8.61. The first-order valence-corrected chi connectivity index (χ1v) is 9.92. The summed E-state index contributed by atoms with van der Waals surface area (Å²) in [7, 11) is 2.15. The topological polar surface area (TPSA) is 96.4 Å². The van der Waals surface area contributed by atoms with E-state index < -0.39 is 0 Å². The minimum Gasteiger partial charge on any atom is -0.400 e. The monoisotopic (exact) mass is 373 g/mol. The number of hydrogen-bond donors (Lipinski definition) is 4. The minimum absolute atomic E-state index is 0.00141. The van der Waals surface area contributed by atoms with E-state index in [1.807, 2.05) is 25.1 Å². The van der Waals surface area contributed by atoms with Gasteiger partial charge < -0.3 is 27.0 Å². The molecule has 1 fully saturated rings. The smallest absolute Gasteiger partial charge is 0.223 e. The van der Waals surface area contributed by atoms with Crippen molar-refractivity contribution in [2.45, 2.75) is 44.7 Å². The van der Waals surface area contributed by atoms with Crippen LogP contribution in [0.15, 0.2) is 42.2 Å². The summed E-state index contributed by atoms with van der Waals surface area (Å²) < 4.78 is 0. The summed E-state index contributed by atoms with van der Waals surface area (Å²) >= 11 is 0. The second-order valence-corrected chi connectivity index (χ2v) is 7.64. The van der Waals surface area contributed by atoms with Crippen LogP contribution in [0.2, 0.25) is 0 Å². The Bertz CT molecular complexity index is 604. The van der Waals surface area contributed by atoms with Crippen molar-refractivity contribution in [1.82, 2.24) is 15.5 Å². The molecule has 1 heterocycles. The van der Waals surface area contributed by atoms with Crippen LogP contribution in [-0.4, -0.2) is 49.6 Å². The van der Waals surface area contributed by atoms with Crippen molar-refractivity contribution in [3.8, 4) is 0 Å². The Morgan fingerprint density at radius 1 is 1.37 bits per heavy atom. The fourth-order valence-corrected chi connectivity index (χ4v) is 3.60. The lowest BCUT2D eigenvalue weighted by molar-refractivity contribution is -0.125. The van der Waals surface area contributed by atoms with Gasteiger partial charge >= 0.3 is 0 Å². The third kappa shape index (κ3) is 7.23. The molecule has 6 N–H and O–H groups in total. The standard InChI is InChI=1S/C21H35N5O/c1-16(11-20-9-6-10-26(20)2)21(27)25-19(15-24-14-18(23)13-22)12-17-7-4-3-5-8-17/h3-5,7-8,14,16,19-20,24H,6,9-13,15,22-23H2,1-2H3,(H,25,27)/b18-14-. The first kappa shape index (κ1) is 21.3. The van der Waals surface area contributed by atoms with Gasteiger partial charge in [0.2, 0.25) is 5.91 Å². The molecule has 1 aromatic carbocycles. The Morgan fingerprint density at radius 3 is 2.74 bits per heavy atom. The molecule has 1 aromatic rings. The Morgan fingerprint density at radius 2 is 2.11 bits per heavy atom. The molecule has 1 amide bonds. The third-order valence-corrected chi connectivity index (χ3v) is 5.30. The lowest BCUT2D eigenvalue weighted by Crippen LogP contribution is -2.45. The van der Waals surface area contributed by atoms with Gasteiger partial charge in [0.1, 0.15) is 0 Å². The second-order valence-electron chi connectivity index (χ2n) is 7.64. The maximum atomic E-state index is 12.8. The number of likely N-dealkylation sites (tertiary alicyclic amines) is 1. The summed E-state index contributed by atoms with van der Waals surface area (Å²) in [6.07, 6.45) is 5.82. The van der Waals surface area contributed by atoms with Crippen LogP contribution >= 0.6 is 0 Å². The van der Waals surface area contributed by atoms with Gasteiger partial charge in [0.05, 0.1) is 6.04 Å². The average molecular weight is 374 g/mol. The molecule has 1 saturated heterocycles. The minimum atomic E-state index is -0.00881. The normalized spacial score (nSPS) is 20.3. The molecule has 27 heavy (non-hydrogen) atoms. The number of nitrogens with zero attached hydrogens (tertiary/aromatic N) is 1. The fraction of sp³-hybridized carbons (Fsp3) is 0.571. The van der Waals surface area contributed by atoms with E-state index in [9.17, 15) is 4.79 Å². The summed E-state index contributed by atoms with van der Waals surface area (Å²) in [6.45, 7) is 4.08. The lowest BCUT2D eigenvalue weighted by Gasteiger charge is -2.25. The summed E-state index contributed by atoms with van der Waals surface area (Å²) in [5.74, 6) is 0.118. The van der Waals surface area contributed by atoms with Gasteiger partial charge in [0, 0.05) is 36.9 Å². The number of hydrogen-bond acceptors (Lipinski definition) is 5. The summed E-state index contributed by atoms with van der Waals surface area (Å²) in [4.78, 5) is 15.1. The second kappa shape index (κ2) is 10.9. The van der Waals surface area contributed by atoms with Gasteiger partial charge in [-0.05, 0) is 44.8 Å². The molecular formula is C21H35N5O. The molecule has 1 aliphatic heterocycles. The van der Waals surface area contributed by atoms with E-state index in [-0.39, 0.29) is 17.9 Å². The number of amides is 1. The molecule has 0 aliphatic carbocycles. The van der Waals surface area contributed by atoms with Crippen LogP contribution in [0.5, 0.6) is 0 Å². The van der Waals surface area contributed by atoms with E-state index in [2.05, 4.69) is 34.7 Å². The van der Waals surface area contributed by atoms with E-state index in [0.29, 0.717) is 24.8 Å². The first-order chi connectivity index (χ1) is 13.0. The van der Waals surface area contributed by atoms with Crippen molar-refractivity contribution in [3.63, 3.8) is 0 Å². The molecule has 0 saturated carbocycles. The number of nitrogens with one attached hydrogen (secondary N) is 2. The highest BCUT2D eigenvalue weighted by Gasteiger charge is 2.26. The van der Waals surface area contributed by atoms with E-state index in [1.165, 1.54) is 18.4 Å². The van der Waals surface area contributed by atoms with Gasteiger partial charge in [0.25, 0.3) is 0 Å². The van der Waals surface area contributed by atoms with Crippen molar-refractivity contribution >= 4 is 5.91 Å². The number of nitrogens with two attached hydrogens (primary N) is 2. The predicted molar refractivity (Wildman–Crippen MR) is 111 cm³/mol. The maximum absolute atomic E-state index is 12.8. The highest BCUT2D eigenvalue weighted by atomic mass is 16.1. The molecule has 6 heteroatoms. The highest BCUT2D eigenvalue weighted by molar-refractivity contribution is 5.78. The predicted octanol–water partition coefficient (Wildman–Crippen LogP) is 1.18. The van der Waals surface area contributed by atoms with Crippen LogP contribution in [0.3, 0.4) is 0 Å². The van der Waals surface area contributed by atoms with Crippen LogP contribution in [0.4, 0.5) is 0 Å². The van der Waals surface area contributed by atoms with Crippen LogP contribution in [-0.2, 0) is 11.2 Å². The van der Waals surface area contributed by atoms with Crippen LogP contribution < -0.4 is 22.1 Å². The van der Waals surface area contributed by atoms with E-state index in [1.54, 1.807) is 6.20 Å². The quantitative estimate of drug-likeness (QED) is 0.494. The van der Waals surface area contributed by atoms with Crippen molar-refractivity contribution in [3.05, 3.63) is 47.8 Å². The number of carbonyl (C=O) groups excluding carboxylic acids is 1. The molecule has 6 nitrogen and oxygen atoms in total. The molecule has 0 radical (unpaired) electrons. The SMILES string of the molecule is CC(CC1CCCN1C)C(=O)NC(CN/C=C(\N)CN)Cc1ccccc1. The summed E-state index contributed by atoms with van der Waals surface area (Å²) in [6, 6.07) is 10.7. The highest BCUT2D eigenvalue weighted by Crippen LogP contribution is 2.21. The zero-order valence-electron chi connectivity index (χ0n) is 16.7. The van der Waals surface area contributed by atoms with E-state index in [4.69, 9.17) is 11.5 Å². The molecule has 150 valence electrons. The zero-order chi connectivity index (χ0) is 19.6. The number of carbonyl (C=O) groups is 1. The fourth-order valence-electron chi connectivity index (χ4n) is 3.60. The molecule has 3 unspecified atom stereocenters.